The molecule has 9 heteroatoms. The molecule has 0 atom stereocenters. The first kappa shape index (κ1) is 23.7. The summed E-state index contributed by atoms with van der Waals surface area (Å²) in [6.45, 7) is 5.12. The number of anilines is 1. The van der Waals surface area contributed by atoms with E-state index < -0.39 is 5.91 Å². The van der Waals surface area contributed by atoms with Gasteiger partial charge in [0, 0.05) is 25.5 Å². The first-order chi connectivity index (χ1) is 17.1. The van der Waals surface area contributed by atoms with Crippen molar-refractivity contribution in [2.75, 3.05) is 11.9 Å². The molecule has 4 aromatic rings. The van der Waals surface area contributed by atoms with Crippen molar-refractivity contribution in [2.45, 2.75) is 33.5 Å². The van der Waals surface area contributed by atoms with Gasteiger partial charge in [0.25, 0.3) is 11.8 Å². The molecule has 0 spiro atoms. The second kappa shape index (κ2) is 11.1. The number of hydrogen-bond acceptors (Lipinski definition) is 5. The Morgan fingerprint density at radius 2 is 1.63 bits per heavy atom. The molecule has 0 unspecified atom stereocenters. The summed E-state index contributed by atoms with van der Waals surface area (Å²) in [5.74, 6) is -0.0661. The minimum absolute atomic E-state index is 0.149. The number of carbonyl (C=O) groups excluding carboxylic acids is 2. The van der Waals surface area contributed by atoms with E-state index in [1.807, 2.05) is 56.3 Å². The third-order valence-electron chi connectivity index (χ3n) is 5.28. The number of carbonyl (C=O) groups is 2. The van der Waals surface area contributed by atoms with E-state index in [2.05, 4.69) is 33.0 Å². The molecular weight excluding hydrogens is 444 g/mol. The van der Waals surface area contributed by atoms with Crippen LogP contribution in [-0.2, 0) is 13.3 Å². The number of hydrogen-bond donors (Lipinski definition) is 2. The van der Waals surface area contributed by atoms with Crippen LogP contribution in [0.25, 0.3) is 11.1 Å². The van der Waals surface area contributed by atoms with E-state index in [1.165, 1.54) is 4.68 Å². The standard InChI is InChI=1S/C26H28N6O3/c1-3-15-27-26(34)24-23(17-31(4-2)30-24)28-25(33)22-14-16-32(29-22)18-35-21-12-10-20(11-13-21)19-8-6-5-7-9-19/h5-14,16-17H,3-4,15,18H2,1-2H3,(H,27,34)(H,28,33). The number of aromatic nitrogens is 4. The van der Waals surface area contributed by atoms with Crippen molar-refractivity contribution in [2.24, 2.45) is 0 Å². The summed E-state index contributed by atoms with van der Waals surface area (Å²) in [6, 6.07) is 19.5. The number of amides is 2. The molecule has 0 aliphatic carbocycles. The Bertz CT molecular complexity index is 1280. The molecule has 2 aromatic heterocycles. The lowest BCUT2D eigenvalue weighted by Crippen LogP contribution is -2.26. The highest BCUT2D eigenvalue weighted by Gasteiger charge is 2.20. The molecule has 0 aliphatic rings. The second-order valence-electron chi connectivity index (χ2n) is 7.86. The van der Waals surface area contributed by atoms with E-state index in [4.69, 9.17) is 4.74 Å². The Kier molecular flexibility index (Phi) is 7.57. The van der Waals surface area contributed by atoms with Crippen molar-refractivity contribution in [1.82, 2.24) is 24.9 Å². The molecule has 0 bridgehead atoms. The van der Waals surface area contributed by atoms with Crippen LogP contribution in [0.5, 0.6) is 5.75 Å². The van der Waals surface area contributed by atoms with Crippen LogP contribution in [0.1, 0.15) is 41.2 Å². The van der Waals surface area contributed by atoms with Crippen molar-refractivity contribution >= 4 is 17.5 Å². The topological polar surface area (TPSA) is 103 Å². The maximum Gasteiger partial charge on any atom is 0.276 e. The highest BCUT2D eigenvalue weighted by Crippen LogP contribution is 2.22. The second-order valence-corrected chi connectivity index (χ2v) is 7.86. The fraction of sp³-hybridized carbons (Fsp3) is 0.231. The van der Waals surface area contributed by atoms with Gasteiger partial charge in [-0.2, -0.15) is 10.2 Å². The fourth-order valence-corrected chi connectivity index (χ4v) is 3.42. The van der Waals surface area contributed by atoms with Crippen molar-refractivity contribution in [3.05, 3.63) is 84.4 Å². The van der Waals surface area contributed by atoms with Gasteiger partial charge in [0.2, 0.25) is 0 Å². The molecule has 0 aliphatic heterocycles. The van der Waals surface area contributed by atoms with E-state index in [0.29, 0.717) is 24.5 Å². The molecule has 0 radical (unpaired) electrons. The van der Waals surface area contributed by atoms with Gasteiger partial charge in [-0.1, -0.05) is 49.4 Å². The molecule has 9 nitrogen and oxygen atoms in total. The van der Waals surface area contributed by atoms with Gasteiger partial charge < -0.3 is 15.4 Å². The SMILES string of the molecule is CCCNC(=O)c1nn(CC)cc1NC(=O)c1ccn(COc2ccc(-c3ccccc3)cc2)n1. The number of aryl methyl sites for hydroxylation is 1. The zero-order chi connectivity index (χ0) is 24.6. The predicted molar refractivity (Wildman–Crippen MR) is 133 cm³/mol. The number of ether oxygens (including phenoxy) is 1. The third kappa shape index (κ3) is 5.94. The van der Waals surface area contributed by atoms with Gasteiger partial charge in [0.05, 0.1) is 5.69 Å². The maximum absolute atomic E-state index is 12.8. The first-order valence-corrected chi connectivity index (χ1v) is 11.6. The van der Waals surface area contributed by atoms with E-state index in [9.17, 15) is 9.59 Å². The van der Waals surface area contributed by atoms with Gasteiger partial charge in [-0.25, -0.2) is 4.68 Å². The summed E-state index contributed by atoms with van der Waals surface area (Å²) in [4.78, 5) is 25.2. The quantitative estimate of drug-likeness (QED) is 0.360. The van der Waals surface area contributed by atoms with E-state index in [1.54, 1.807) is 23.1 Å². The third-order valence-corrected chi connectivity index (χ3v) is 5.28. The lowest BCUT2D eigenvalue weighted by Gasteiger charge is -2.08. The number of rotatable bonds is 10. The van der Waals surface area contributed by atoms with Crippen LogP contribution >= 0.6 is 0 Å². The van der Waals surface area contributed by atoms with Crippen molar-refractivity contribution < 1.29 is 14.3 Å². The molecule has 0 saturated carbocycles. The molecule has 2 amide bonds. The molecule has 2 aromatic carbocycles. The van der Waals surface area contributed by atoms with Crippen molar-refractivity contribution in [3.8, 4) is 16.9 Å². The summed E-state index contributed by atoms with van der Waals surface area (Å²) in [5, 5.41) is 14.1. The number of nitrogens with zero attached hydrogens (tertiary/aromatic N) is 4. The van der Waals surface area contributed by atoms with E-state index in [-0.39, 0.29) is 24.0 Å². The maximum atomic E-state index is 12.8. The van der Waals surface area contributed by atoms with Gasteiger partial charge in [0.15, 0.2) is 18.1 Å². The van der Waals surface area contributed by atoms with Crippen LogP contribution in [0.15, 0.2) is 73.1 Å². The van der Waals surface area contributed by atoms with E-state index in [0.717, 1.165) is 17.5 Å². The summed E-state index contributed by atoms with van der Waals surface area (Å²) in [6.07, 6.45) is 4.11. The van der Waals surface area contributed by atoms with Crippen LogP contribution < -0.4 is 15.4 Å². The fourth-order valence-electron chi connectivity index (χ4n) is 3.42. The number of benzene rings is 2. The van der Waals surface area contributed by atoms with Gasteiger partial charge in [0.1, 0.15) is 5.75 Å². The average molecular weight is 473 g/mol. The monoisotopic (exact) mass is 472 g/mol. The zero-order valence-electron chi connectivity index (χ0n) is 19.8. The molecule has 0 saturated heterocycles. The lowest BCUT2D eigenvalue weighted by molar-refractivity contribution is 0.0948. The highest BCUT2D eigenvalue weighted by atomic mass is 16.5. The molecule has 35 heavy (non-hydrogen) atoms. The predicted octanol–water partition coefficient (Wildman–Crippen LogP) is 4.20. The van der Waals surface area contributed by atoms with Gasteiger partial charge in [-0.15, -0.1) is 0 Å². The van der Waals surface area contributed by atoms with Crippen LogP contribution in [-0.4, -0.2) is 37.9 Å². The lowest BCUT2D eigenvalue weighted by atomic mass is 10.1. The van der Waals surface area contributed by atoms with E-state index >= 15 is 0 Å². The molecule has 2 N–H and O–H groups in total. The minimum atomic E-state index is -0.434. The van der Waals surface area contributed by atoms with Gasteiger partial charge >= 0.3 is 0 Å². The molecule has 180 valence electrons. The minimum Gasteiger partial charge on any atom is -0.471 e. The smallest absolute Gasteiger partial charge is 0.276 e. The van der Waals surface area contributed by atoms with Gasteiger partial charge in [-0.3, -0.25) is 14.3 Å². The molecule has 0 fully saturated rings. The molecule has 4 rings (SSSR count). The summed E-state index contributed by atoms with van der Waals surface area (Å²) in [5.41, 5.74) is 2.96. The Balaban J connectivity index is 1.37. The van der Waals surface area contributed by atoms with Gasteiger partial charge in [-0.05, 0) is 42.7 Å². The highest BCUT2D eigenvalue weighted by molar-refractivity contribution is 6.07. The Hall–Kier alpha value is -4.40. The Morgan fingerprint density at radius 3 is 2.34 bits per heavy atom. The molecular formula is C26H28N6O3. The summed E-state index contributed by atoms with van der Waals surface area (Å²) in [7, 11) is 0. The van der Waals surface area contributed by atoms with Crippen LogP contribution in [0.2, 0.25) is 0 Å². The average Bonchev–Trinajstić information content (AvgIpc) is 3.54. The normalized spacial score (nSPS) is 10.7. The van der Waals surface area contributed by atoms with Crippen LogP contribution in [0.3, 0.4) is 0 Å². The van der Waals surface area contributed by atoms with Crippen molar-refractivity contribution in [3.63, 3.8) is 0 Å². The summed E-state index contributed by atoms with van der Waals surface area (Å²) < 4.78 is 8.94. The Labute approximate surface area is 203 Å². The number of nitrogens with one attached hydrogen (secondary N) is 2. The van der Waals surface area contributed by atoms with Crippen molar-refractivity contribution in [1.29, 1.82) is 0 Å². The zero-order valence-corrected chi connectivity index (χ0v) is 19.8. The van der Waals surface area contributed by atoms with Crippen LogP contribution in [0, 0.1) is 0 Å². The first-order valence-electron chi connectivity index (χ1n) is 11.6. The Morgan fingerprint density at radius 1 is 0.886 bits per heavy atom. The largest absolute Gasteiger partial charge is 0.471 e. The summed E-state index contributed by atoms with van der Waals surface area (Å²) >= 11 is 0. The molecule has 2 heterocycles. The van der Waals surface area contributed by atoms with Crippen LogP contribution in [0.4, 0.5) is 5.69 Å².